The number of likely N-dealkylation sites (N-methyl/N-ethyl adjacent to an activating group) is 1. The monoisotopic (exact) mass is 800 g/mol. The van der Waals surface area contributed by atoms with Crippen molar-refractivity contribution in [2.45, 2.75) is 87.2 Å². The van der Waals surface area contributed by atoms with Gasteiger partial charge >= 0.3 is 5.97 Å². The minimum atomic E-state index is -1.33. The highest BCUT2D eigenvalue weighted by atomic mass is 79.9. The van der Waals surface area contributed by atoms with Crippen LogP contribution in [0.2, 0.25) is 0 Å². The number of amides is 3. The van der Waals surface area contributed by atoms with Crippen molar-refractivity contribution in [2.75, 3.05) is 59.6 Å². The third-order valence-electron chi connectivity index (χ3n) is 11.4. The average Bonchev–Trinajstić information content (AvgIpc) is 3.76. The first-order chi connectivity index (χ1) is 25.4. The molecule has 1 aromatic rings. The van der Waals surface area contributed by atoms with E-state index in [1.165, 1.54) is 4.90 Å². The standard InChI is InChI=1S/C40H57BrN4O8/c1-7-9-15-31(47)42(6)27(5)34(28-13-11-10-12-14-28)52-39(50)32-33-37(48)45(29(25-46)23-26(3)4)36(40(33)24-30(41)35(32)53-40)38(49)44(16-8-2)18-17-43-19-21-51-22-20-43/h7-8,10-14,26-27,29-30,32-36,46H,1-2,9,15-25H2,3-6H3/t27-,29+,30?,32-,33+,34+,35-,36-,40+/m0/s1. The predicted octanol–water partition coefficient (Wildman–Crippen LogP) is 3.59. The smallest absolute Gasteiger partial charge is 0.313 e. The van der Waals surface area contributed by atoms with Crippen LogP contribution in [0.5, 0.6) is 0 Å². The van der Waals surface area contributed by atoms with Crippen LogP contribution in [0.15, 0.2) is 55.6 Å². The molecule has 5 rings (SSSR count). The van der Waals surface area contributed by atoms with Crippen molar-refractivity contribution in [3.8, 4) is 0 Å². The van der Waals surface area contributed by atoms with E-state index in [1.54, 1.807) is 29.0 Å². The van der Waals surface area contributed by atoms with Gasteiger partial charge in [-0.25, -0.2) is 0 Å². The lowest BCUT2D eigenvalue weighted by atomic mass is 9.70. The van der Waals surface area contributed by atoms with Crippen LogP contribution in [0.3, 0.4) is 0 Å². The van der Waals surface area contributed by atoms with E-state index in [4.69, 9.17) is 14.2 Å². The van der Waals surface area contributed by atoms with Gasteiger partial charge in [-0.3, -0.25) is 24.1 Å². The molecule has 53 heavy (non-hydrogen) atoms. The van der Waals surface area contributed by atoms with Gasteiger partial charge in [0.25, 0.3) is 0 Å². The summed E-state index contributed by atoms with van der Waals surface area (Å²) in [4.78, 5) is 64.3. The minimum absolute atomic E-state index is 0.112. The fraction of sp³-hybridized carbons (Fsp3) is 0.650. The molecule has 4 aliphatic heterocycles. The van der Waals surface area contributed by atoms with Crippen molar-refractivity contribution in [3.63, 3.8) is 0 Å². The molecule has 13 heteroatoms. The van der Waals surface area contributed by atoms with Crippen molar-refractivity contribution in [1.82, 2.24) is 19.6 Å². The van der Waals surface area contributed by atoms with E-state index in [0.29, 0.717) is 51.1 Å². The van der Waals surface area contributed by atoms with Crippen molar-refractivity contribution in [3.05, 3.63) is 61.2 Å². The fourth-order valence-corrected chi connectivity index (χ4v) is 9.60. The van der Waals surface area contributed by atoms with Crippen molar-refractivity contribution < 1.29 is 38.5 Å². The minimum Gasteiger partial charge on any atom is -0.455 e. The van der Waals surface area contributed by atoms with Crippen LogP contribution < -0.4 is 0 Å². The summed E-state index contributed by atoms with van der Waals surface area (Å²) >= 11 is 3.77. The number of esters is 1. The first-order valence-electron chi connectivity index (χ1n) is 19.0. The highest BCUT2D eigenvalue weighted by Gasteiger charge is 2.77. The van der Waals surface area contributed by atoms with E-state index < -0.39 is 53.7 Å². The number of nitrogens with zero attached hydrogens (tertiary/aromatic N) is 4. The number of allylic oxidation sites excluding steroid dienone is 1. The van der Waals surface area contributed by atoms with Crippen LogP contribution >= 0.6 is 15.9 Å². The third kappa shape index (κ3) is 8.44. The first kappa shape index (κ1) is 41.1. The van der Waals surface area contributed by atoms with Crippen LogP contribution in [-0.2, 0) is 33.4 Å². The Morgan fingerprint density at radius 3 is 2.45 bits per heavy atom. The molecule has 1 spiro atoms. The lowest BCUT2D eigenvalue weighted by molar-refractivity contribution is -0.165. The lowest BCUT2D eigenvalue weighted by Gasteiger charge is -2.40. The Labute approximate surface area is 322 Å². The van der Waals surface area contributed by atoms with Gasteiger partial charge in [0.2, 0.25) is 17.7 Å². The van der Waals surface area contributed by atoms with Gasteiger partial charge in [-0.2, -0.15) is 0 Å². The molecule has 0 aliphatic carbocycles. The van der Waals surface area contributed by atoms with Crippen LogP contribution in [0.1, 0.15) is 58.1 Å². The zero-order chi connectivity index (χ0) is 38.4. The number of aliphatic hydroxyl groups excluding tert-OH is 1. The summed E-state index contributed by atoms with van der Waals surface area (Å²) in [5, 5.41) is 10.7. The van der Waals surface area contributed by atoms with Crippen molar-refractivity contribution >= 4 is 39.6 Å². The SMILES string of the molecule is C=CCCC(=O)N(C)[C@@H](C)[C@@H](OC(=O)[C@@H]1[C@H]2O[C@@]3(CC2Br)[C@H](C(=O)N(CC=C)CCN2CCOCC2)N([C@@H](CO)CC(C)C)C(=O)[C@@H]13)c1ccccc1. The Balaban J connectivity index is 1.50. The molecule has 3 amide bonds. The summed E-state index contributed by atoms with van der Waals surface area (Å²) in [6.07, 6.45) is 3.37. The Morgan fingerprint density at radius 2 is 1.83 bits per heavy atom. The summed E-state index contributed by atoms with van der Waals surface area (Å²) in [6.45, 7) is 17.2. The molecule has 292 valence electrons. The Hall–Kier alpha value is -3.10. The summed E-state index contributed by atoms with van der Waals surface area (Å²) in [5.74, 6) is -3.34. The second-order valence-electron chi connectivity index (χ2n) is 15.2. The molecule has 2 bridgehead atoms. The summed E-state index contributed by atoms with van der Waals surface area (Å²) in [7, 11) is 1.69. The number of fused-ring (bicyclic) bond motifs is 1. The number of likely N-dealkylation sites (tertiary alicyclic amines) is 1. The Morgan fingerprint density at radius 1 is 1.13 bits per heavy atom. The van der Waals surface area contributed by atoms with Crippen LogP contribution in [0.4, 0.5) is 0 Å². The van der Waals surface area contributed by atoms with Gasteiger partial charge < -0.3 is 34.0 Å². The van der Waals surface area contributed by atoms with Gasteiger partial charge in [0, 0.05) is 51.0 Å². The third-order valence-corrected chi connectivity index (χ3v) is 12.3. The summed E-state index contributed by atoms with van der Waals surface area (Å²) < 4.78 is 18.7. The van der Waals surface area contributed by atoms with Crippen LogP contribution in [-0.4, -0.2) is 143 Å². The van der Waals surface area contributed by atoms with Gasteiger partial charge in [0.05, 0.1) is 49.8 Å². The van der Waals surface area contributed by atoms with Gasteiger partial charge in [0.1, 0.15) is 17.7 Å². The number of ether oxygens (including phenoxy) is 3. The van der Waals surface area contributed by atoms with E-state index >= 15 is 0 Å². The number of rotatable bonds is 18. The number of aliphatic hydroxyl groups is 1. The van der Waals surface area contributed by atoms with Gasteiger partial charge in [-0.1, -0.05) is 72.3 Å². The number of carbonyl (C=O) groups excluding carboxylic acids is 4. The van der Waals surface area contributed by atoms with Gasteiger partial charge in [-0.15, -0.1) is 13.2 Å². The van der Waals surface area contributed by atoms with E-state index in [0.717, 1.165) is 13.1 Å². The number of morpholine rings is 1. The Kier molecular flexibility index (Phi) is 14.0. The van der Waals surface area contributed by atoms with Crippen molar-refractivity contribution in [1.29, 1.82) is 0 Å². The molecular weight excluding hydrogens is 744 g/mol. The summed E-state index contributed by atoms with van der Waals surface area (Å²) in [5.41, 5.74) is -0.624. The van der Waals surface area contributed by atoms with E-state index in [9.17, 15) is 24.3 Å². The predicted molar refractivity (Wildman–Crippen MR) is 204 cm³/mol. The number of alkyl halides is 1. The molecule has 0 aromatic heterocycles. The number of halogens is 1. The van der Waals surface area contributed by atoms with Crippen LogP contribution in [0.25, 0.3) is 0 Å². The molecule has 1 unspecified atom stereocenters. The number of carbonyl (C=O) groups is 4. The second kappa shape index (κ2) is 18.0. The zero-order valence-corrected chi connectivity index (χ0v) is 33.2. The topological polar surface area (TPSA) is 129 Å². The van der Waals surface area contributed by atoms with E-state index in [1.807, 2.05) is 51.1 Å². The molecule has 4 heterocycles. The molecule has 1 N–H and O–H groups in total. The molecule has 0 saturated carbocycles. The first-order valence-corrected chi connectivity index (χ1v) is 19.9. The number of hydrogen-bond acceptors (Lipinski definition) is 9. The van der Waals surface area contributed by atoms with Crippen molar-refractivity contribution in [2.24, 2.45) is 17.8 Å². The molecule has 0 radical (unpaired) electrons. The molecule has 12 nitrogen and oxygen atoms in total. The molecular formula is C40H57BrN4O8. The number of benzene rings is 1. The highest BCUT2D eigenvalue weighted by Crippen LogP contribution is 2.61. The number of hydrogen-bond donors (Lipinski definition) is 1. The fourth-order valence-electron chi connectivity index (χ4n) is 8.66. The van der Waals surface area contributed by atoms with Gasteiger partial charge in [-0.05, 0) is 37.7 Å². The quantitative estimate of drug-likeness (QED) is 0.135. The maximum atomic E-state index is 14.9. The molecule has 4 fully saturated rings. The molecule has 4 saturated heterocycles. The van der Waals surface area contributed by atoms with E-state index in [2.05, 4.69) is 34.0 Å². The van der Waals surface area contributed by atoms with E-state index in [-0.39, 0.29) is 48.0 Å². The zero-order valence-electron chi connectivity index (χ0n) is 31.6. The molecule has 4 aliphatic rings. The van der Waals surface area contributed by atoms with Gasteiger partial charge in [0.15, 0.2) is 0 Å². The Bertz CT molecular complexity index is 1470. The average molecular weight is 802 g/mol. The summed E-state index contributed by atoms with van der Waals surface area (Å²) in [6, 6.07) is 6.98. The highest BCUT2D eigenvalue weighted by molar-refractivity contribution is 9.09. The molecule has 9 atom stereocenters. The maximum absolute atomic E-state index is 14.9. The second-order valence-corrected chi connectivity index (χ2v) is 16.4. The largest absolute Gasteiger partial charge is 0.455 e. The maximum Gasteiger partial charge on any atom is 0.313 e. The molecule has 1 aromatic carbocycles. The lowest BCUT2D eigenvalue weighted by Crippen LogP contribution is -2.59. The van der Waals surface area contributed by atoms with Crippen LogP contribution in [0, 0.1) is 17.8 Å². The normalized spacial score (nSPS) is 28.3.